The van der Waals surface area contributed by atoms with Crippen molar-refractivity contribution in [3.05, 3.63) is 71.5 Å². The third kappa shape index (κ3) is 5.23. The lowest BCUT2D eigenvalue weighted by Crippen LogP contribution is -2.43. The number of rotatable bonds is 6. The first-order valence-corrected chi connectivity index (χ1v) is 11.0. The smallest absolute Gasteiger partial charge is 0.399 e. The number of halogens is 4. The molecule has 0 aromatic heterocycles. The Kier molecular flexibility index (Phi) is 6.76. The van der Waals surface area contributed by atoms with Gasteiger partial charge in [-0.25, -0.2) is 4.39 Å². The van der Waals surface area contributed by atoms with Gasteiger partial charge < -0.3 is 21.1 Å². The summed E-state index contributed by atoms with van der Waals surface area (Å²) in [5, 5.41) is 15.3. The van der Waals surface area contributed by atoms with Crippen LogP contribution in [0.15, 0.2) is 54.6 Å². The molecule has 3 aromatic rings. The van der Waals surface area contributed by atoms with E-state index in [9.17, 15) is 22.7 Å². The summed E-state index contributed by atoms with van der Waals surface area (Å²) < 4.78 is 54.3. The Bertz CT molecular complexity index is 1110. The van der Waals surface area contributed by atoms with Crippen LogP contribution in [0.1, 0.15) is 36.5 Å². The maximum absolute atomic E-state index is 14.0. The van der Waals surface area contributed by atoms with Crippen molar-refractivity contribution in [1.29, 1.82) is 0 Å². The summed E-state index contributed by atoms with van der Waals surface area (Å²) in [6.07, 6.45) is -3.37. The predicted octanol–water partition coefficient (Wildman–Crippen LogP) is 5.26. The van der Waals surface area contributed by atoms with Crippen LogP contribution in [0.5, 0.6) is 0 Å². The number of hydrogen-bond donors (Lipinski definition) is 3. The zero-order valence-corrected chi connectivity index (χ0v) is 18.1. The Morgan fingerprint density at radius 2 is 1.73 bits per heavy atom. The minimum atomic E-state index is -4.46. The SMILES string of the molecule is Nc1ccc(N2CCC(NCCC(O)c3ccc(F)c4ccccc34)CC2)c(C(F)(F)F)c1. The van der Waals surface area contributed by atoms with Gasteiger partial charge in [-0.15, -0.1) is 0 Å². The summed E-state index contributed by atoms with van der Waals surface area (Å²) >= 11 is 0. The number of anilines is 2. The molecule has 3 aromatic carbocycles. The van der Waals surface area contributed by atoms with Crippen molar-refractivity contribution in [3.8, 4) is 0 Å². The molecule has 4 rings (SSSR count). The number of aliphatic hydroxyl groups is 1. The van der Waals surface area contributed by atoms with Crippen molar-refractivity contribution in [2.45, 2.75) is 37.6 Å². The van der Waals surface area contributed by atoms with E-state index >= 15 is 0 Å². The number of nitrogens with one attached hydrogen (secondary N) is 1. The largest absolute Gasteiger partial charge is 0.418 e. The maximum Gasteiger partial charge on any atom is 0.418 e. The zero-order chi connectivity index (χ0) is 23.6. The molecule has 1 aliphatic heterocycles. The number of aliphatic hydroxyl groups excluding tert-OH is 1. The van der Waals surface area contributed by atoms with Crippen LogP contribution < -0.4 is 16.0 Å². The van der Waals surface area contributed by atoms with E-state index in [1.165, 1.54) is 18.2 Å². The Balaban J connectivity index is 1.32. The molecule has 0 aliphatic carbocycles. The molecule has 176 valence electrons. The molecule has 4 N–H and O–H groups in total. The van der Waals surface area contributed by atoms with Gasteiger partial charge in [-0.05, 0) is 61.0 Å². The molecule has 4 nitrogen and oxygen atoms in total. The molecule has 1 aliphatic rings. The highest BCUT2D eigenvalue weighted by atomic mass is 19.4. The number of piperidine rings is 1. The zero-order valence-electron chi connectivity index (χ0n) is 18.1. The fourth-order valence-electron chi connectivity index (χ4n) is 4.54. The molecule has 0 spiro atoms. The first-order chi connectivity index (χ1) is 15.7. The van der Waals surface area contributed by atoms with Crippen LogP contribution in [-0.2, 0) is 6.18 Å². The summed E-state index contributed by atoms with van der Waals surface area (Å²) in [6.45, 7) is 1.54. The molecule has 1 heterocycles. The second-order valence-corrected chi connectivity index (χ2v) is 8.48. The topological polar surface area (TPSA) is 61.5 Å². The Labute approximate surface area is 190 Å². The van der Waals surface area contributed by atoms with Crippen molar-refractivity contribution in [2.24, 2.45) is 0 Å². The molecule has 1 fully saturated rings. The van der Waals surface area contributed by atoms with Gasteiger partial charge in [0.2, 0.25) is 0 Å². The average Bonchev–Trinajstić information content (AvgIpc) is 2.79. The lowest BCUT2D eigenvalue weighted by molar-refractivity contribution is -0.137. The molecular weight excluding hydrogens is 434 g/mol. The van der Waals surface area contributed by atoms with Crippen LogP contribution in [0.3, 0.4) is 0 Å². The van der Waals surface area contributed by atoms with Gasteiger partial charge in [0.1, 0.15) is 5.82 Å². The molecular formula is C25H27F4N3O. The molecule has 0 bridgehead atoms. The van der Waals surface area contributed by atoms with Crippen LogP contribution in [0.4, 0.5) is 28.9 Å². The van der Waals surface area contributed by atoms with Gasteiger partial charge in [-0.3, -0.25) is 0 Å². The van der Waals surface area contributed by atoms with Crippen LogP contribution in [0.25, 0.3) is 10.8 Å². The van der Waals surface area contributed by atoms with Crippen LogP contribution in [0, 0.1) is 5.82 Å². The van der Waals surface area contributed by atoms with Crippen LogP contribution in [-0.4, -0.2) is 30.8 Å². The number of nitrogens with two attached hydrogens (primary N) is 1. The van der Waals surface area contributed by atoms with Gasteiger partial charge >= 0.3 is 6.18 Å². The lowest BCUT2D eigenvalue weighted by atomic mass is 9.98. The van der Waals surface area contributed by atoms with Crippen LogP contribution >= 0.6 is 0 Å². The third-order valence-electron chi connectivity index (χ3n) is 6.28. The molecule has 8 heteroatoms. The van der Waals surface area contributed by atoms with E-state index in [0.717, 1.165) is 6.07 Å². The first kappa shape index (κ1) is 23.3. The third-order valence-corrected chi connectivity index (χ3v) is 6.28. The minimum Gasteiger partial charge on any atom is -0.399 e. The molecule has 0 saturated carbocycles. The van der Waals surface area contributed by atoms with Crippen LogP contribution in [0.2, 0.25) is 0 Å². The molecule has 1 saturated heterocycles. The standard InChI is InChI=1S/C25H27F4N3O/c26-22-7-6-20(18-3-1-2-4-19(18)22)24(33)9-12-31-17-10-13-32(14-11-17)23-8-5-16(30)15-21(23)25(27,28)29/h1-8,15,17,24,31,33H,9-14,30H2. The summed E-state index contributed by atoms with van der Waals surface area (Å²) in [6, 6.07) is 14.1. The van der Waals surface area contributed by atoms with Gasteiger partial charge in [0.15, 0.2) is 0 Å². The number of alkyl halides is 3. The second-order valence-electron chi connectivity index (χ2n) is 8.48. The van der Waals surface area contributed by atoms with E-state index in [2.05, 4.69) is 5.32 Å². The van der Waals surface area contributed by atoms with Gasteiger partial charge in [0.05, 0.1) is 11.7 Å². The van der Waals surface area contributed by atoms with Crippen molar-refractivity contribution in [3.63, 3.8) is 0 Å². The number of hydrogen-bond acceptors (Lipinski definition) is 4. The number of nitrogens with zero attached hydrogens (tertiary/aromatic N) is 1. The highest BCUT2D eigenvalue weighted by Gasteiger charge is 2.35. The van der Waals surface area contributed by atoms with Gasteiger partial charge in [0.25, 0.3) is 0 Å². The first-order valence-electron chi connectivity index (χ1n) is 11.0. The van der Waals surface area contributed by atoms with Crippen molar-refractivity contribution < 1.29 is 22.7 Å². The summed E-state index contributed by atoms with van der Waals surface area (Å²) in [7, 11) is 0. The molecule has 0 radical (unpaired) electrons. The van der Waals surface area contributed by atoms with Gasteiger partial charge in [-0.2, -0.15) is 13.2 Å². The van der Waals surface area contributed by atoms with E-state index in [0.29, 0.717) is 55.2 Å². The quantitative estimate of drug-likeness (QED) is 0.346. The predicted molar refractivity (Wildman–Crippen MR) is 123 cm³/mol. The maximum atomic E-state index is 14.0. The number of fused-ring (bicyclic) bond motifs is 1. The Morgan fingerprint density at radius 1 is 1.03 bits per heavy atom. The molecule has 0 amide bonds. The minimum absolute atomic E-state index is 0.0927. The van der Waals surface area contributed by atoms with E-state index in [1.54, 1.807) is 29.2 Å². The Hall–Kier alpha value is -2.84. The summed E-state index contributed by atoms with van der Waals surface area (Å²) in [5.74, 6) is -0.318. The molecule has 1 unspecified atom stereocenters. The molecule has 33 heavy (non-hydrogen) atoms. The molecule has 1 atom stereocenters. The highest BCUT2D eigenvalue weighted by Crippen LogP contribution is 2.38. The monoisotopic (exact) mass is 461 g/mol. The number of nitrogen functional groups attached to an aromatic ring is 1. The second kappa shape index (κ2) is 9.57. The lowest BCUT2D eigenvalue weighted by Gasteiger charge is -2.35. The fraction of sp³-hybridized carbons (Fsp3) is 0.360. The van der Waals surface area contributed by atoms with Crippen molar-refractivity contribution in [1.82, 2.24) is 5.32 Å². The van der Waals surface area contributed by atoms with E-state index in [1.807, 2.05) is 6.07 Å². The van der Waals surface area contributed by atoms with Gasteiger partial charge in [-0.1, -0.05) is 30.3 Å². The average molecular weight is 462 g/mol. The summed E-state index contributed by atoms with van der Waals surface area (Å²) in [4.78, 5) is 1.75. The van der Waals surface area contributed by atoms with Crippen molar-refractivity contribution in [2.75, 3.05) is 30.3 Å². The fourth-order valence-corrected chi connectivity index (χ4v) is 4.54. The normalized spacial score (nSPS) is 16.3. The van der Waals surface area contributed by atoms with E-state index < -0.39 is 17.8 Å². The van der Waals surface area contributed by atoms with Crippen molar-refractivity contribution >= 4 is 22.1 Å². The summed E-state index contributed by atoms with van der Waals surface area (Å²) in [5.41, 5.74) is 5.80. The number of benzene rings is 3. The van der Waals surface area contributed by atoms with Gasteiger partial charge in [0, 0.05) is 35.9 Å². The Morgan fingerprint density at radius 3 is 2.42 bits per heavy atom. The van der Waals surface area contributed by atoms with E-state index in [4.69, 9.17) is 5.73 Å². The highest BCUT2D eigenvalue weighted by molar-refractivity contribution is 5.86. The van der Waals surface area contributed by atoms with E-state index in [-0.39, 0.29) is 23.2 Å².